The highest BCUT2D eigenvalue weighted by Crippen LogP contribution is 2.84. The van der Waals surface area contributed by atoms with Crippen molar-refractivity contribution in [1.29, 1.82) is 0 Å². The van der Waals surface area contributed by atoms with Crippen molar-refractivity contribution in [2.24, 2.45) is 13.5 Å². The molecule has 4 fully saturated rings. The Bertz CT molecular complexity index is 1630. The van der Waals surface area contributed by atoms with Crippen LogP contribution in [0.15, 0.2) is 62.1 Å². The Kier molecular flexibility index (Phi) is 6.83. The second-order valence-electron chi connectivity index (χ2n) is 13.1. The molecule has 0 aromatic heterocycles. The fourth-order valence-electron chi connectivity index (χ4n) is 8.06. The third-order valence-electron chi connectivity index (χ3n) is 10.5. The standard InChI is InChI=1S/C30H40N7O6P3/c1-3-7-27-25(5-1)23-36-17-18-37-24-26-6-2-4-8-28(26)43-46(37)32-44(31-45(36,33-46)42-27,34-13-9-29(10-14-34)38-19-20-39-29)35-15-11-30(12-16-35)40-21-22-41-30/h1-8H,9-24H2/t45-,46+. The number of piperidine rings is 2. The minimum atomic E-state index is -2.94. The van der Waals surface area contributed by atoms with Gasteiger partial charge in [0.15, 0.2) is 11.6 Å². The number of para-hydroxylation sites is 2. The Balaban J connectivity index is 1.18. The zero-order valence-electron chi connectivity index (χ0n) is 25.9. The highest BCUT2D eigenvalue weighted by molar-refractivity contribution is 7.81. The molecule has 2 aromatic rings. The maximum atomic E-state index is 7.17. The van der Waals surface area contributed by atoms with E-state index in [1.54, 1.807) is 0 Å². The molecule has 0 saturated carbocycles. The van der Waals surface area contributed by atoms with Gasteiger partial charge in [-0.25, -0.2) is 18.7 Å². The Morgan fingerprint density at radius 1 is 0.500 bits per heavy atom. The zero-order chi connectivity index (χ0) is 30.5. The van der Waals surface area contributed by atoms with Gasteiger partial charge in [-0.3, -0.25) is 0 Å². The molecule has 4 spiro atoms. The second-order valence-corrected chi connectivity index (χ2v) is 21.0. The van der Waals surface area contributed by atoms with Crippen molar-refractivity contribution in [3.05, 3.63) is 59.7 Å². The van der Waals surface area contributed by atoms with Gasteiger partial charge in [0.2, 0.25) is 7.51 Å². The maximum absolute atomic E-state index is 7.17. The van der Waals surface area contributed by atoms with Crippen LogP contribution in [0.2, 0.25) is 0 Å². The number of fused-ring (bicyclic) bond motifs is 2. The van der Waals surface area contributed by atoms with Crippen molar-refractivity contribution < 1.29 is 28.0 Å². The molecule has 8 heterocycles. The van der Waals surface area contributed by atoms with E-state index in [4.69, 9.17) is 41.5 Å². The zero-order valence-corrected chi connectivity index (χ0v) is 28.5. The van der Waals surface area contributed by atoms with Gasteiger partial charge in [0.1, 0.15) is 11.5 Å². The molecule has 2 atom stereocenters. The van der Waals surface area contributed by atoms with Gasteiger partial charge in [-0.05, 0) is 12.1 Å². The molecular formula is C30H40N7O6P3. The third kappa shape index (κ3) is 4.48. The summed E-state index contributed by atoms with van der Waals surface area (Å²) in [7, 11) is -8.69. The van der Waals surface area contributed by atoms with Crippen LogP contribution in [-0.2, 0) is 32.0 Å². The van der Waals surface area contributed by atoms with Crippen LogP contribution in [0.5, 0.6) is 11.5 Å². The molecule has 46 heavy (non-hydrogen) atoms. The van der Waals surface area contributed by atoms with Crippen molar-refractivity contribution in [3.8, 4) is 11.5 Å². The van der Waals surface area contributed by atoms with Crippen LogP contribution in [0.3, 0.4) is 0 Å². The van der Waals surface area contributed by atoms with Crippen molar-refractivity contribution in [3.63, 3.8) is 0 Å². The highest BCUT2D eigenvalue weighted by atomic mass is 31.3. The van der Waals surface area contributed by atoms with Gasteiger partial charge in [-0.2, -0.15) is 9.03 Å². The van der Waals surface area contributed by atoms with E-state index in [1.807, 2.05) is 12.1 Å². The fraction of sp³-hybridized carbons (Fsp3) is 0.600. The van der Waals surface area contributed by atoms with Crippen LogP contribution in [0.4, 0.5) is 0 Å². The summed E-state index contributed by atoms with van der Waals surface area (Å²) in [5, 5.41) is 0. The summed E-state index contributed by atoms with van der Waals surface area (Å²) in [5.74, 6) is 0.730. The molecule has 10 rings (SSSR count). The summed E-state index contributed by atoms with van der Waals surface area (Å²) in [6.45, 7) is 8.72. The normalized spacial score (nSPS) is 34.4. The van der Waals surface area contributed by atoms with Crippen LogP contribution < -0.4 is 9.05 Å². The molecule has 0 amide bonds. The summed E-state index contributed by atoms with van der Waals surface area (Å²) in [4.78, 5) is 0. The first-order valence-electron chi connectivity index (χ1n) is 16.6. The van der Waals surface area contributed by atoms with E-state index in [0.29, 0.717) is 26.4 Å². The van der Waals surface area contributed by atoms with Crippen LogP contribution in [-0.4, -0.2) is 96.0 Å². The summed E-state index contributed by atoms with van der Waals surface area (Å²) in [6, 6.07) is 16.7. The van der Waals surface area contributed by atoms with Gasteiger partial charge < -0.3 is 28.0 Å². The maximum Gasteiger partial charge on any atom is 0.336 e. The molecule has 0 unspecified atom stereocenters. The minimum absolute atomic E-state index is 0.510. The molecule has 8 aliphatic heterocycles. The van der Waals surface area contributed by atoms with E-state index in [0.717, 1.165) is 89.5 Å². The van der Waals surface area contributed by atoms with Crippen molar-refractivity contribution in [1.82, 2.24) is 18.7 Å². The van der Waals surface area contributed by atoms with Gasteiger partial charge in [0, 0.05) is 89.2 Å². The van der Waals surface area contributed by atoms with Gasteiger partial charge in [-0.15, -0.1) is 4.52 Å². The smallest absolute Gasteiger partial charge is 0.336 e. The van der Waals surface area contributed by atoms with Gasteiger partial charge in [0.25, 0.3) is 0 Å². The van der Waals surface area contributed by atoms with Crippen LogP contribution in [0.1, 0.15) is 36.8 Å². The Hall–Kier alpha value is -1.59. The minimum Gasteiger partial charge on any atom is -0.430 e. The predicted octanol–water partition coefficient (Wildman–Crippen LogP) is 6.32. The fourth-order valence-corrected chi connectivity index (χ4v) is 21.7. The topological polar surface area (TPSA) is 105 Å². The molecular weight excluding hydrogens is 647 g/mol. The lowest BCUT2D eigenvalue weighted by Gasteiger charge is -2.51. The molecule has 16 heteroatoms. The average molecular weight is 688 g/mol. The van der Waals surface area contributed by atoms with Gasteiger partial charge in [0.05, 0.1) is 26.4 Å². The largest absolute Gasteiger partial charge is 0.430 e. The van der Waals surface area contributed by atoms with Gasteiger partial charge in [-0.1, -0.05) is 36.4 Å². The average Bonchev–Trinajstić information content (AvgIpc) is 3.71. The quantitative estimate of drug-likeness (QED) is 0.333. The number of ether oxygens (including phenoxy) is 4. The molecule has 13 nitrogen and oxygen atoms in total. The first-order chi connectivity index (χ1) is 22.5. The number of hydrogen-bond acceptors (Lipinski definition) is 13. The van der Waals surface area contributed by atoms with Crippen molar-refractivity contribution >= 4 is 22.7 Å². The number of nitrogens with zero attached hydrogens (tertiary/aromatic N) is 7. The summed E-state index contributed by atoms with van der Waals surface area (Å²) in [6.07, 6.45) is 3.11. The SMILES string of the molecule is c1ccc2c(c1)CN1CCN3Cc4ccccc4O[P@@]34=N[P@@]1(=NP(N1CCC3(CC1)OCCO3)(N1CCC3(CC1)OCCO3)=N4)O2. The summed E-state index contributed by atoms with van der Waals surface area (Å²) >= 11 is 0. The van der Waals surface area contributed by atoms with E-state index in [-0.39, 0.29) is 0 Å². The number of hydrogen-bond donors (Lipinski definition) is 0. The predicted molar refractivity (Wildman–Crippen MR) is 174 cm³/mol. The van der Waals surface area contributed by atoms with Crippen molar-refractivity contribution in [2.45, 2.75) is 50.3 Å². The van der Waals surface area contributed by atoms with Crippen LogP contribution in [0.25, 0.3) is 0 Å². The van der Waals surface area contributed by atoms with Crippen molar-refractivity contribution in [2.75, 3.05) is 65.7 Å². The molecule has 4 saturated heterocycles. The number of rotatable bonds is 2. The van der Waals surface area contributed by atoms with E-state index in [2.05, 4.69) is 55.1 Å². The lowest BCUT2D eigenvalue weighted by atomic mass is 10.1. The Labute approximate surface area is 269 Å². The van der Waals surface area contributed by atoms with E-state index in [9.17, 15) is 0 Å². The van der Waals surface area contributed by atoms with Crippen LogP contribution >= 0.6 is 22.7 Å². The van der Waals surface area contributed by atoms with E-state index < -0.39 is 34.2 Å². The first kappa shape index (κ1) is 29.3. The number of benzene rings is 2. The second kappa shape index (κ2) is 10.7. The molecule has 0 aliphatic carbocycles. The monoisotopic (exact) mass is 687 g/mol. The first-order valence-corrected chi connectivity index (χ1v) is 21.3. The molecule has 246 valence electrons. The lowest BCUT2D eigenvalue weighted by Crippen LogP contribution is -2.49. The third-order valence-corrected chi connectivity index (χ3v) is 21.5. The summed E-state index contributed by atoms with van der Waals surface area (Å²) in [5.41, 5.74) is 2.35. The molecule has 8 aliphatic rings. The van der Waals surface area contributed by atoms with Crippen LogP contribution in [0, 0.1) is 0 Å². The van der Waals surface area contributed by atoms with E-state index >= 15 is 0 Å². The highest BCUT2D eigenvalue weighted by Gasteiger charge is 2.57. The van der Waals surface area contributed by atoms with Gasteiger partial charge >= 0.3 is 15.2 Å². The lowest BCUT2D eigenvalue weighted by molar-refractivity contribution is -0.182. The van der Waals surface area contributed by atoms with E-state index in [1.165, 1.54) is 11.1 Å². The molecule has 2 aromatic carbocycles. The summed E-state index contributed by atoms with van der Waals surface area (Å²) < 4.78 is 66.7. The molecule has 2 bridgehead atoms. The molecule has 0 N–H and O–H groups in total. The Morgan fingerprint density at radius 2 is 0.935 bits per heavy atom. The Morgan fingerprint density at radius 3 is 1.41 bits per heavy atom. The molecule has 0 radical (unpaired) electrons.